The minimum atomic E-state index is -0.670. The van der Waals surface area contributed by atoms with E-state index in [4.69, 9.17) is 27.9 Å². The topological polar surface area (TPSA) is 75.7 Å². The molecular weight excluding hydrogens is 415 g/mol. The molecule has 0 saturated carbocycles. The molecule has 1 fully saturated rings. The highest BCUT2D eigenvalue weighted by atomic mass is 35.5. The monoisotopic (exact) mass is 434 g/mol. The molecule has 2 aromatic carbocycles. The van der Waals surface area contributed by atoms with Crippen molar-refractivity contribution in [1.29, 1.82) is 0 Å². The van der Waals surface area contributed by atoms with Gasteiger partial charge in [-0.25, -0.2) is 0 Å². The van der Waals surface area contributed by atoms with Crippen molar-refractivity contribution in [2.24, 2.45) is 5.92 Å². The van der Waals surface area contributed by atoms with E-state index in [0.717, 1.165) is 5.56 Å². The largest absolute Gasteiger partial charge is 0.455 e. The molecule has 6 nitrogen and oxygen atoms in total. The van der Waals surface area contributed by atoms with Gasteiger partial charge in [0.15, 0.2) is 6.61 Å². The maximum absolute atomic E-state index is 12.3. The third kappa shape index (κ3) is 5.08. The number of rotatable bonds is 6. The molecule has 1 N–H and O–H groups in total. The zero-order valence-electron chi connectivity index (χ0n) is 15.7. The van der Waals surface area contributed by atoms with Crippen LogP contribution in [0.3, 0.4) is 0 Å². The minimum Gasteiger partial charge on any atom is -0.455 e. The number of anilines is 1. The molecule has 0 unspecified atom stereocenters. The summed E-state index contributed by atoms with van der Waals surface area (Å²) in [6.45, 7) is 1.57. The first-order chi connectivity index (χ1) is 13.9. The highest BCUT2D eigenvalue weighted by molar-refractivity contribution is 6.44. The number of hydrogen-bond donors (Lipinski definition) is 1. The second-order valence-electron chi connectivity index (χ2n) is 6.79. The molecule has 2 aromatic rings. The number of carbonyl (C=O) groups is 3. The summed E-state index contributed by atoms with van der Waals surface area (Å²) in [7, 11) is 0. The molecule has 2 atom stereocenters. The van der Waals surface area contributed by atoms with Gasteiger partial charge >= 0.3 is 5.97 Å². The van der Waals surface area contributed by atoms with E-state index in [0.29, 0.717) is 10.7 Å². The fourth-order valence-corrected chi connectivity index (χ4v) is 3.56. The van der Waals surface area contributed by atoms with Crippen molar-refractivity contribution >= 4 is 46.7 Å². The lowest BCUT2D eigenvalue weighted by Crippen LogP contribution is -2.32. The average molecular weight is 435 g/mol. The van der Waals surface area contributed by atoms with Crippen molar-refractivity contribution in [3.63, 3.8) is 0 Å². The normalized spacial score (nSPS) is 17.1. The molecule has 8 heteroatoms. The summed E-state index contributed by atoms with van der Waals surface area (Å²) < 4.78 is 5.12. The molecule has 1 heterocycles. The van der Waals surface area contributed by atoms with Crippen LogP contribution >= 0.6 is 23.2 Å². The molecule has 0 aromatic heterocycles. The van der Waals surface area contributed by atoms with E-state index >= 15 is 0 Å². The number of halogens is 2. The zero-order chi connectivity index (χ0) is 21.0. The van der Waals surface area contributed by atoms with Crippen molar-refractivity contribution in [1.82, 2.24) is 5.32 Å². The van der Waals surface area contributed by atoms with E-state index < -0.39 is 24.4 Å². The molecule has 29 heavy (non-hydrogen) atoms. The lowest BCUT2D eigenvalue weighted by Gasteiger charge is -2.18. The summed E-state index contributed by atoms with van der Waals surface area (Å²) in [5.74, 6) is -1.93. The van der Waals surface area contributed by atoms with Crippen molar-refractivity contribution in [2.45, 2.75) is 19.4 Å². The third-order valence-corrected chi connectivity index (χ3v) is 5.51. The van der Waals surface area contributed by atoms with Gasteiger partial charge in [0.05, 0.1) is 27.7 Å². The number of benzene rings is 2. The van der Waals surface area contributed by atoms with Gasteiger partial charge in [0, 0.05) is 13.0 Å². The number of hydrogen-bond acceptors (Lipinski definition) is 4. The van der Waals surface area contributed by atoms with E-state index in [-0.39, 0.29) is 29.9 Å². The number of carbonyl (C=O) groups excluding carboxylic acids is 3. The summed E-state index contributed by atoms with van der Waals surface area (Å²) in [6, 6.07) is 14.2. The van der Waals surface area contributed by atoms with Crippen LogP contribution in [-0.4, -0.2) is 30.9 Å². The molecule has 152 valence electrons. The number of ether oxygens (including phenoxy) is 1. The van der Waals surface area contributed by atoms with E-state index in [1.165, 1.54) is 4.90 Å². The number of amides is 2. The predicted molar refractivity (Wildman–Crippen MR) is 111 cm³/mol. The maximum atomic E-state index is 12.3. The van der Waals surface area contributed by atoms with E-state index in [1.54, 1.807) is 18.2 Å². The van der Waals surface area contributed by atoms with Crippen LogP contribution in [0.5, 0.6) is 0 Å². The van der Waals surface area contributed by atoms with Crippen LogP contribution in [0.1, 0.15) is 24.9 Å². The summed E-state index contributed by atoms with van der Waals surface area (Å²) in [4.78, 5) is 38.2. The van der Waals surface area contributed by atoms with E-state index in [9.17, 15) is 14.4 Å². The van der Waals surface area contributed by atoms with Crippen LogP contribution in [0.25, 0.3) is 0 Å². The summed E-state index contributed by atoms with van der Waals surface area (Å²) in [5.41, 5.74) is 1.40. The molecule has 0 aliphatic carbocycles. The van der Waals surface area contributed by atoms with Crippen molar-refractivity contribution in [3.05, 3.63) is 64.1 Å². The average Bonchev–Trinajstić information content (AvgIpc) is 3.10. The quantitative estimate of drug-likeness (QED) is 0.702. The fraction of sp³-hybridized carbons (Fsp3) is 0.286. The van der Waals surface area contributed by atoms with Gasteiger partial charge in [0.2, 0.25) is 5.91 Å². The van der Waals surface area contributed by atoms with Crippen LogP contribution in [-0.2, 0) is 19.1 Å². The molecular formula is C21H20Cl2N2O4. The third-order valence-electron chi connectivity index (χ3n) is 4.70. The van der Waals surface area contributed by atoms with Gasteiger partial charge in [-0.1, -0.05) is 59.6 Å². The lowest BCUT2D eigenvalue weighted by molar-refractivity contribution is -0.152. The Hall–Kier alpha value is -2.57. The van der Waals surface area contributed by atoms with Gasteiger partial charge in [-0.3, -0.25) is 14.4 Å². The Morgan fingerprint density at radius 1 is 1.17 bits per heavy atom. The van der Waals surface area contributed by atoms with Crippen LogP contribution in [0.2, 0.25) is 10.0 Å². The van der Waals surface area contributed by atoms with Gasteiger partial charge in [-0.2, -0.15) is 0 Å². The van der Waals surface area contributed by atoms with Crippen molar-refractivity contribution in [2.75, 3.05) is 18.1 Å². The standard InChI is InChI=1S/C21H20Cl2N2O4/c1-13(14-6-3-2-4-7-14)24-18(26)12-29-21(28)15-10-19(27)25(11-15)17-9-5-8-16(22)20(17)23/h2-9,13,15H,10-12H2,1H3,(H,24,26)/t13-,15+/m0/s1. The van der Waals surface area contributed by atoms with Crippen molar-refractivity contribution in [3.8, 4) is 0 Å². The van der Waals surface area contributed by atoms with Crippen molar-refractivity contribution < 1.29 is 19.1 Å². The van der Waals surface area contributed by atoms with Gasteiger partial charge in [-0.15, -0.1) is 0 Å². The summed E-state index contributed by atoms with van der Waals surface area (Å²) in [5, 5.41) is 3.36. The first kappa shape index (κ1) is 21.1. The van der Waals surface area contributed by atoms with E-state index in [2.05, 4.69) is 5.32 Å². The van der Waals surface area contributed by atoms with Crippen LogP contribution in [0, 0.1) is 5.92 Å². The van der Waals surface area contributed by atoms with Crippen LogP contribution in [0.4, 0.5) is 5.69 Å². The SMILES string of the molecule is C[C@H](NC(=O)COC(=O)[C@@H]1CC(=O)N(c2cccc(Cl)c2Cl)C1)c1ccccc1. The molecule has 0 spiro atoms. The second kappa shape index (κ2) is 9.29. The number of nitrogens with zero attached hydrogens (tertiary/aromatic N) is 1. The molecule has 1 saturated heterocycles. The Bertz CT molecular complexity index is 920. The summed E-state index contributed by atoms with van der Waals surface area (Å²) in [6.07, 6.45) is -0.0102. The second-order valence-corrected chi connectivity index (χ2v) is 7.57. The summed E-state index contributed by atoms with van der Waals surface area (Å²) >= 11 is 12.2. The molecule has 2 amide bonds. The van der Waals surface area contributed by atoms with Gasteiger partial charge < -0.3 is 15.0 Å². The Morgan fingerprint density at radius 2 is 1.90 bits per heavy atom. The highest BCUT2D eigenvalue weighted by Gasteiger charge is 2.37. The van der Waals surface area contributed by atoms with Crippen LogP contribution in [0.15, 0.2) is 48.5 Å². The maximum Gasteiger partial charge on any atom is 0.311 e. The zero-order valence-corrected chi connectivity index (χ0v) is 17.2. The molecule has 0 radical (unpaired) electrons. The lowest BCUT2D eigenvalue weighted by atomic mass is 10.1. The smallest absolute Gasteiger partial charge is 0.311 e. The predicted octanol–water partition coefficient (Wildman–Crippen LogP) is 3.77. The Kier molecular flexibility index (Phi) is 6.77. The molecule has 1 aliphatic rings. The molecule has 3 rings (SSSR count). The van der Waals surface area contributed by atoms with E-state index in [1.807, 2.05) is 37.3 Å². The fourth-order valence-electron chi connectivity index (χ4n) is 3.16. The highest BCUT2D eigenvalue weighted by Crippen LogP contribution is 2.35. The van der Waals surface area contributed by atoms with Crippen LogP contribution < -0.4 is 10.2 Å². The Morgan fingerprint density at radius 3 is 2.62 bits per heavy atom. The van der Waals surface area contributed by atoms with Gasteiger partial charge in [-0.05, 0) is 24.6 Å². The first-order valence-corrected chi connectivity index (χ1v) is 9.87. The molecule has 1 aliphatic heterocycles. The first-order valence-electron chi connectivity index (χ1n) is 9.12. The minimum absolute atomic E-state index is 0.0102. The van der Waals surface area contributed by atoms with Gasteiger partial charge in [0.25, 0.3) is 5.91 Å². The Balaban J connectivity index is 1.53. The Labute approximate surface area is 178 Å². The number of nitrogens with one attached hydrogen (secondary N) is 1. The number of esters is 1. The van der Waals surface area contributed by atoms with Gasteiger partial charge in [0.1, 0.15) is 0 Å². The molecule has 0 bridgehead atoms.